The minimum Gasteiger partial charge on any atom is -0.497 e. The van der Waals surface area contributed by atoms with Gasteiger partial charge >= 0.3 is 0 Å². The van der Waals surface area contributed by atoms with E-state index in [0.29, 0.717) is 12.0 Å². The van der Waals surface area contributed by atoms with E-state index in [4.69, 9.17) is 9.57 Å². The molecule has 2 aromatic rings. The van der Waals surface area contributed by atoms with Crippen LogP contribution in [0.15, 0.2) is 46.4 Å². The van der Waals surface area contributed by atoms with Crippen LogP contribution in [0.1, 0.15) is 23.1 Å². The van der Waals surface area contributed by atoms with Crippen LogP contribution in [0.3, 0.4) is 0 Å². The largest absolute Gasteiger partial charge is 0.497 e. The van der Waals surface area contributed by atoms with Crippen LogP contribution in [0, 0.1) is 24.0 Å². The van der Waals surface area contributed by atoms with E-state index in [1.165, 1.54) is 0 Å². The van der Waals surface area contributed by atoms with E-state index in [0.717, 1.165) is 33.2 Å². The molecule has 0 saturated carbocycles. The smallest absolute Gasteiger partial charge is 0.272 e. The molecule has 0 amide bonds. The van der Waals surface area contributed by atoms with Crippen molar-refractivity contribution in [1.29, 1.82) is 0 Å². The summed E-state index contributed by atoms with van der Waals surface area (Å²) in [7, 11) is 1.65. The molecule has 0 aromatic heterocycles. The maximum atomic E-state index is 11.1. The van der Waals surface area contributed by atoms with Gasteiger partial charge in [0.05, 0.1) is 17.7 Å². The zero-order chi connectivity index (χ0) is 18.7. The topological polar surface area (TPSA) is 74.0 Å². The Labute approximate surface area is 156 Å². The van der Waals surface area contributed by atoms with Crippen molar-refractivity contribution in [3.05, 3.63) is 63.2 Å². The highest BCUT2D eigenvalue weighted by molar-refractivity contribution is 7.99. The second-order valence-corrected chi connectivity index (χ2v) is 7.26. The van der Waals surface area contributed by atoms with Crippen molar-refractivity contribution in [3.63, 3.8) is 0 Å². The van der Waals surface area contributed by atoms with Gasteiger partial charge in [-0.05, 0) is 43.7 Å². The van der Waals surface area contributed by atoms with Crippen molar-refractivity contribution in [1.82, 2.24) is 0 Å². The van der Waals surface area contributed by atoms with Crippen molar-refractivity contribution in [2.75, 3.05) is 12.9 Å². The normalized spacial score (nSPS) is 16.1. The fourth-order valence-corrected chi connectivity index (χ4v) is 3.80. The summed E-state index contributed by atoms with van der Waals surface area (Å²) in [6, 6.07) is 11.3. The average molecular weight is 372 g/mol. The van der Waals surface area contributed by atoms with Gasteiger partial charge in [-0.15, -0.1) is 11.8 Å². The first kappa shape index (κ1) is 18.3. The van der Waals surface area contributed by atoms with Gasteiger partial charge in [-0.25, -0.2) is 0 Å². The summed E-state index contributed by atoms with van der Waals surface area (Å²) >= 11 is 1.69. The second-order valence-electron chi connectivity index (χ2n) is 6.17. The number of oxime groups is 1. The first-order valence-electron chi connectivity index (χ1n) is 8.23. The molecule has 0 radical (unpaired) electrons. The Bertz CT molecular complexity index is 867. The average Bonchev–Trinajstić information content (AvgIpc) is 3.10. The lowest BCUT2D eigenvalue weighted by Gasteiger charge is -2.09. The number of nitro groups is 1. The first-order valence-corrected chi connectivity index (χ1v) is 9.22. The van der Waals surface area contributed by atoms with E-state index in [2.05, 4.69) is 5.16 Å². The van der Waals surface area contributed by atoms with Crippen LogP contribution in [0.5, 0.6) is 5.75 Å². The van der Waals surface area contributed by atoms with E-state index in [9.17, 15) is 10.1 Å². The second kappa shape index (κ2) is 7.78. The number of benzene rings is 2. The van der Waals surface area contributed by atoms with Gasteiger partial charge < -0.3 is 9.57 Å². The molecule has 1 aliphatic rings. The number of rotatable bonds is 6. The lowest BCUT2D eigenvalue weighted by molar-refractivity contribution is -0.385. The minimum absolute atomic E-state index is 0.0175. The van der Waals surface area contributed by atoms with Crippen LogP contribution in [-0.4, -0.2) is 29.6 Å². The number of thioether (sulfide) groups is 1. The molecule has 7 heteroatoms. The van der Waals surface area contributed by atoms with Gasteiger partial charge in [0, 0.05) is 34.3 Å². The molecule has 1 unspecified atom stereocenters. The predicted octanol–water partition coefficient (Wildman–Crippen LogP) is 4.51. The summed E-state index contributed by atoms with van der Waals surface area (Å²) in [6.07, 6.45) is 0.672. The third-order valence-electron chi connectivity index (χ3n) is 4.26. The molecule has 1 aliphatic heterocycles. The molecule has 0 saturated heterocycles. The molecule has 0 spiro atoms. The molecule has 0 N–H and O–H groups in total. The van der Waals surface area contributed by atoms with Crippen molar-refractivity contribution >= 4 is 23.2 Å². The highest BCUT2D eigenvalue weighted by Gasteiger charge is 2.25. The molecule has 6 nitrogen and oxygen atoms in total. The van der Waals surface area contributed by atoms with Gasteiger partial charge in [-0.1, -0.05) is 11.2 Å². The number of nitro benzene ring substituents is 1. The third kappa shape index (κ3) is 3.99. The predicted molar refractivity (Wildman–Crippen MR) is 102 cm³/mol. The Hall–Kier alpha value is -2.54. The molecular formula is C19H20N2O4S. The summed E-state index contributed by atoms with van der Waals surface area (Å²) < 4.78 is 5.24. The third-order valence-corrected chi connectivity index (χ3v) is 5.39. The van der Waals surface area contributed by atoms with Crippen LogP contribution in [0.25, 0.3) is 0 Å². The van der Waals surface area contributed by atoms with Crippen LogP contribution in [-0.2, 0) is 4.84 Å². The van der Waals surface area contributed by atoms with Gasteiger partial charge in [0.25, 0.3) is 5.69 Å². The number of aryl methyl sites for hydroxylation is 2. The van der Waals surface area contributed by atoms with Gasteiger partial charge in [0.15, 0.2) is 0 Å². The van der Waals surface area contributed by atoms with Crippen molar-refractivity contribution in [2.45, 2.75) is 31.3 Å². The van der Waals surface area contributed by atoms with E-state index < -0.39 is 0 Å². The SMILES string of the molecule is COc1cccc(SCC2CC(c3cc(C)c([N+](=O)[O-])cc3C)=NO2)c1. The summed E-state index contributed by atoms with van der Waals surface area (Å²) in [5, 5.41) is 15.3. The number of nitrogens with zero attached hydrogens (tertiary/aromatic N) is 2. The number of hydrogen-bond acceptors (Lipinski definition) is 6. The molecule has 0 bridgehead atoms. The van der Waals surface area contributed by atoms with Crippen molar-refractivity contribution in [3.8, 4) is 5.75 Å². The Kier molecular flexibility index (Phi) is 5.46. The molecule has 1 atom stereocenters. The first-order chi connectivity index (χ1) is 12.5. The van der Waals surface area contributed by atoms with E-state index in [-0.39, 0.29) is 16.7 Å². The van der Waals surface area contributed by atoms with E-state index in [1.54, 1.807) is 31.9 Å². The summed E-state index contributed by atoms with van der Waals surface area (Å²) in [5.74, 6) is 1.60. The standard InChI is InChI=1S/C19H20N2O4S/c1-12-8-19(21(22)23)13(2)7-17(12)18-10-15(25-20-18)11-26-16-6-4-5-14(9-16)24-3/h4-9,15H,10-11H2,1-3H3. The highest BCUT2D eigenvalue weighted by Crippen LogP contribution is 2.29. The van der Waals surface area contributed by atoms with E-state index in [1.807, 2.05) is 37.3 Å². The Balaban J connectivity index is 1.65. The molecule has 26 heavy (non-hydrogen) atoms. The number of hydrogen-bond donors (Lipinski definition) is 0. The number of methoxy groups -OCH3 is 1. The van der Waals surface area contributed by atoms with Gasteiger partial charge in [-0.2, -0.15) is 0 Å². The molecule has 2 aromatic carbocycles. The maximum absolute atomic E-state index is 11.1. The summed E-state index contributed by atoms with van der Waals surface area (Å²) in [5.41, 5.74) is 3.37. The van der Waals surface area contributed by atoms with Gasteiger partial charge in [0.1, 0.15) is 11.9 Å². The van der Waals surface area contributed by atoms with Gasteiger partial charge in [0.2, 0.25) is 0 Å². The summed E-state index contributed by atoms with van der Waals surface area (Å²) in [6.45, 7) is 3.61. The van der Waals surface area contributed by atoms with Crippen LogP contribution >= 0.6 is 11.8 Å². The fraction of sp³-hybridized carbons (Fsp3) is 0.316. The molecular weight excluding hydrogens is 352 g/mol. The molecule has 136 valence electrons. The minimum atomic E-state index is -0.355. The monoisotopic (exact) mass is 372 g/mol. The Morgan fingerprint density at radius 3 is 2.85 bits per heavy atom. The lowest BCUT2D eigenvalue weighted by atomic mass is 9.97. The molecule has 0 fully saturated rings. The zero-order valence-electron chi connectivity index (χ0n) is 14.9. The van der Waals surface area contributed by atoms with Crippen molar-refractivity contribution in [2.24, 2.45) is 5.16 Å². The van der Waals surface area contributed by atoms with Crippen molar-refractivity contribution < 1.29 is 14.5 Å². The molecule has 3 rings (SSSR count). The Morgan fingerprint density at radius 2 is 2.12 bits per heavy atom. The van der Waals surface area contributed by atoms with Gasteiger partial charge in [-0.3, -0.25) is 10.1 Å². The van der Waals surface area contributed by atoms with Crippen LogP contribution in [0.2, 0.25) is 0 Å². The Morgan fingerprint density at radius 1 is 1.31 bits per heavy atom. The molecule has 1 heterocycles. The zero-order valence-corrected chi connectivity index (χ0v) is 15.7. The highest BCUT2D eigenvalue weighted by atomic mass is 32.2. The fourth-order valence-electron chi connectivity index (χ4n) is 2.87. The maximum Gasteiger partial charge on any atom is 0.272 e. The van der Waals surface area contributed by atoms with Crippen LogP contribution < -0.4 is 4.74 Å². The van der Waals surface area contributed by atoms with E-state index >= 15 is 0 Å². The lowest BCUT2D eigenvalue weighted by Crippen LogP contribution is -2.12. The van der Waals surface area contributed by atoms with Crippen LogP contribution in [0.4, 0.5) is 5.69 Å². The number of ether oxygens (including phenoxy) is 1. The summed E-state index contributed by atoms with van der Waals surface area (Å²) in [4.78, 5) is 17.4. The molecule has 0 aliphatic carbocycles. The quantitative estimate of drug-likeness (QED) is 0.424.